The van der Waals surface area contributed by atoms with E-state index in [9.17, 15) is 22.4 Å². The summed E-state index contributed by atoms with van der Waals surface area (Å²) in [5.41, 5.74) is 4.22. The molecule has 3 nitrogen and oxygen atoms in total. The zero-order valence-electron chi connectivity index (χ0n) is 10.9. The zero-order chi connectivity index (χ0) is 14.9. The van der Waals surface area contributed by atoms with Crippen LogP contribution >= 0.6 is 12.4 Å². The van der Waals surface area contributed by atoms with Crippen molar-refractivity contribution in [3.05, 3.63) is 29.6 Å². The van der Waals surface area contributed by atoms with Crippen LogP contribution in [-0.2, 0) is 11.0 Å². The van der Waals surface area contributed by atoms with E-state index in [1.807, 2.05) is 0 Å². The number of benzene rings is 1. The predicted molar refractivity (Wildman–Crippen MR) is 72.6 cm³/mol. The number of halogens is 5. The molecule has 1 fully saturated rings. The minimum absolute atomic E-state index is 0. The molecule has 0 heterocycles. The van der Waals surface area contributed by atoms with Gasteiger partial charge in [-0.25, -0.2) is 4.39 Å². The molecule has 118 valence electrons. The summed E-state index contributed by atoms with van der Waals surface area (Å²) in [7, 11) is 0. The van der Waals surface area contributed by atoms with E-state index in [-0.39, 0.29) is 36.0 Å². The molecule has 1 aromatic rings. The Morgan fingerprint density at radius 3 is 2.48 bits per heavy atom. The van der Waals surface area contributed by atoms with Crippen molar-refractivity contribution in [2.24, 2.45) is 11.7 Å². The first kappa shape index (κ1) is 17.7. The first-order chi connectivity index (χ1) is 9.27. The number of carbonyl (C=O) groups is 1. The van der Waals surface area contributed by atoms with Crippen molar-refractivity contribution in [1.82, 2.24) is 0 Å². The lowest BCUT2D eigenvalue weighted by Crippen LogP contribution is -2.23. The third kappa shape index (κ3) is 4.31. The van der Waals surface area contributed by atoms with Crippen LogP contribution in [0.15, 0.2) is 18.2 Å². The normalized spacial score (nSPS) is 21.8. The van der Waals surface area contributed by atoms with Crippen molar-refractivity contribution in [1.29, 1.82) is 0 Å². The Kier molecular flexibility index (Phi) is 5.58. The molecular formula is C13H15ClF4N2O. The molecule has 2 rings (SSSR count). The number of amides is 1. The van der Waals surface area contributed by atoms with Gasteiger partial charge in [0, 0.05) is 17.6 Å². The second-order valence-corrected chi connectivity index (χ2v) is 4.95. The highest BCUT2D eigenvalue weighted by molar-refractivity contribution is 5.92. The molecule has 0 aromatic heterocycles. The van der Waals surface area contributed by atoms with Gasteiger partial charge in [0.25, 0.3) is 0 Å². The fourth-order valence-corrected chi connectivity index (χ4v) is 2.32. The second kappa shape index (κ2) is 6.62. The number of anilines is 1. The third-order valence-electron chi connectivity index (χ3n) is 3.38. The molecule has 2 atom stereocenters. The van der Waals surface area contributed by atoms with Gasteiger partial charge in [-0.1, -0.05) is 0 Å². The molecule has 0 spiro atoms. The van der Waals surface area contributed by atoms with E-state index in [0.717, 1.165) is 12.5 Å². The predicted octanol–water partition coefficient (Wildman–Crippen LogP) is 3.33. The smallest absolute Gasteiger partial charge is 0.328 e. The minimum atomic E-state index is -4.79. The van der Waals surface area contributed by atoms with Crippen LogP contribution in [0.2, 0.25) is 0 Å². The van der Waals surface area contributed by atoms with Crippen LogP contribution in [0.25, 0.3) is 0 Å². The van der Waals surface area contributed by atoms with Gasteiger partial charge in [0.15, 0.2) is 0 Å². The Morgan fingerprint density at radius 1 is 1.29 bits per heavy atom. The fourth-order valence-electron chi connectivity index (χ4n) is 2.32. The van der Waals surface area contributed by atoms with Crippen molar-refractivity contribution in [2.75, 3.05) is 5.32 Å². The molecule has 3 N–H and O–H groups in total. The molecule has 0 aliphatic heterocycles. The van der Waals surface area contributed by atoms with E-state index in [4.69, 9.17) is 5.73 Å². The summed E-state index contributed by atoms with van der Waals surface area (Å²) in [5, 5.41) is 2.38. The molecule has 1 aliphatic carbocycles. The van der Waals surface area contributed by atoms with Gasteiger partial charge in [-0.15, -0.1) is 12.4 Å². The summed E-state index contributed by atoms with van der Waals surface area (Å²) >= 11 is 0. The quantitative estimate of drug-likeness (QED) is 0.819. The van der Waals surface area contributed by atoms with E-state index >= 15 is 0 Å². The highest BCUT2D eigenvalue weighted by Gasteiger charge is 2.34. The topological polar surface area (TPSA) is 55.1 Å². The van der Waals surface area contributed by atoms with Crippen molar-refractivity contribution in [3.63, 3.8) is 0 Å². The Labute approximate surface area is 125 Å². The molecule has 1 aromatic carbocycles. The average Bonchev–Trinajstić information content (AvgIpc) is 2.77. The Hall–Kier alpha value is -1.34. The number of rotatable bonds is 2. The monoisotopic (exact) mass is 326 g/mol. The van der Waals surface area contributed by atoms with Crippen LogP contribution in [0, 0.1) is 11.7 Å². The highest BCUT2D eigenvalue weighted by Crippen LogP contribution is 2.33. The van der Waals surface area contributed by atoms with Gasteiger partial charge in [0.05, 0.1) is 5.56 Å². The highest BCUT2D eigenvalue weighted by atomic mass is 35.5. The minimum Gasteiger partial charge on any atom is -0.328 e. The Balaban J connectivity index is 0.00000220. The third-order valence-corrected chi connectivity index (χ3v) is 3.38. The van der Waals surface area contributed by atoms with Gasteiger partial charge in [0.2, 0.25) is 5.91 Å². The standard InChI is InChI=1S/C13H14F4N2O.ClH/c14-11-4-3-9(6-10(11)13(15,16)17)19-12(20)7-1-2-8(18)5-7;/h3-4,6-8H,1-2,5,18H2,(H,19,20);1H. The lowest BCUT2D eigenvalue weighted by atomic mass is 10.1. The summed E-state index contributed by atoms with van der Waals surface area (Å²) in [4.78, 5) is 11.9. The van der Waals surface area contributed by atoms with Crippen LogP contribution in [0.1, 0.15) is 24.8 Å². The first-order valence-corrected chi connectivity index (χ1v) is 6.20. The van der Waals surface area contributed by atoms with Gasteiger partial charge in [0.1, 0.15) is 5.82 Å². The molecule has 2 unspecified atom stereocenters. The van der Waals surface area contributed by atoms with Gasteiger partial charge in [-0.05, 0) is 37.5 Å². The van der Waals surface area contributed by atoms with Crippen LogP contribution < -0.4 is 11.1 Å². The molecule has 0 saturated heterocycles. The summed E-state index contributed by atoms with van der Waals surface area (Å²) in [6.45, 7) is 0. The summed E-state index contributed by atoms with van der Waals surface area (Å²) in [5.74, 6) is -2.04. The van der Waals surface area contributed by atoms with E-state index in [1.165, 1.54) is 0 Å². The molecule has 1 amide bonds. The molecule has 21 heavy (non-hydrogen) atoms. The lowest BCUT2D eigenvalue weighted by molar-refractivity contribution is -0.140. The van der Waals surface area contributed by atoms with Gasteiger partial charge in [-0.3, -0.25) is 4.79 Å². The Bertz CT molecular complexity index is 521. The molecular weight excluding hydrogens is 312 g/mol. The molecule has 1 aliphatic rings. The maximum Gasteiger partial charge on any atom is 0.419 e. The van der Waals surface area contributed by atoms with Crippen LogP contribution in [0.3, 0.4) is 0 Å². The number of hydrogen-bond acceptors (Lipinski definition) is 2. The number of nitrogens with one attached hydrogen (secondary N) is 1. The number of nitrogens with two attached hydrogens (primary N) is 1. The van der Waals surface area contributed by atoms with Crippen molar-refractivity contribution in [2.45, 2.75) is 31.5 Å². The number of alkyl halides is 3. The number of hydrogen-bond donors (Lipinski definition) is 2. The molecule has 8 heteroatoms. The summed E-state index contributed by atoms with van der Waals surface area (Å²) in [6.07, 6.45) is -2.95. The molecule has 1 saturated carbocycles. The first-order valence-electron chi connectivity index (χ1n) is 6.20. The summed E-state index contributed by atoms with van der Waals surface area (Å²) < 4.78 is 50.8. The van der Waals surface area contributed by atoms with E-state index < -0.39 is 17.6 Å². The van der Waals surface area contributed by atoms with Crippen LogP contribution in [-0.4, -0.2) is 11.9 Å². The molecule has 0 bridgehead atoms. The van der Waals surface area contributed by atoms with Crippen molar-refractivity contribution >= 4 is 24.0 Å². The lowest BCUT2D eigenvalue weighted by Gasteiger charge is -2.13. The maximum atomic E-state index is 13.1. The van der Waals surface area contributed by atoms with E-state index in [0.29, 0.717) is 25.0 Å². The van der Waals surface area contributed by atoms with Crippen molar-refractivity contribution < 1.29 is 22.4 Å². The largest absolute Gasteiger partial charge is 0.419 e. The number of carbonyl (C=O) groups excluding carboxylic acids is 1. The second-order valence-electron chi connectivity index (χ2n) is 4.95. The van der Waals surface area contributed by atoms with Crippen LogP contribution in [0.5, 0.6) is 0 Å². The summed E-state index contributed by atoms with van der Waals surface area (Å²) in [6, 6.07) is 2.35. The van der Waals surface area contributed by atoms with Gasteiger partial charge < -0.3 is 11.1 Å². The Morgan fingerprint density at radius 2 is 1.95 bits per heavy atom. The molecule has 0 radical (unpaired) electrons. The average molecular weight is 327 g/mol. The van der Waals surface area contributed by atoms with E-state index in [2.05, 4.69) is 5.32 Å². The van der Waals surface area contributed by atoms with E-state index in [1.54, 1.807) is 0 Å². The van der Waals surface area contributed by atoms with Gasteiger partial charge >= 0.3 is 6.18 Å². The fraction of sp³-hybridized carbons (Fsp3) is 0.462. The van der Waals surface area contributed by atoms with Crippen LogP contribution in [0.4, 0.5) is 23.2 Å². The van der Waals surface area contributed by atoms with Gasteiger partial charge in [-0.2, -0.15) is 13.2 Å². The maximum absolute atomic E-state index is 13.1. The van der Waals surface area contributed by atoms with Crippen molar-refractivity contribution in [3.8, 4) is 0 Å². The zero-order valence-corrected chi connectivity index (χ0v) is 11.7. The SMILES string of the molecule is Cl.NC1CCC(C(=O)Nc2ccc(F)c(C(F)(F)F)c2)C1.